The summed E-state index contributed by atoms with van der Waals surface area (Å²) >= 11 is 7.82. The van der Waals surface area contributed by atoms with Gasteiger partial charge in [0.1, 0.15) is 17.9 Å². The van der Waals surface area contributed by atoms with E-state index in [1.807, 2.05) is 36.4 Å². The average Bonchev–Trinajstić information content (AvgIpc) is 3.07. The Bertz CT molecular complexity index is 690. The van der Waals surface area contributed by atoms with Gasteiger partial charge < -0.3 is 10.1 Å². The Morgan fingerprint density at radius 3 is 2.83 bits per heavy atom. The molecule has 6 heteroatoms. The summed E-state index contributed by atoms with van der Waals surface area (Å²) in [5, 5.41) is 6.82. The molecule has 23 heavy (non-hydrogen) atoms. The highest BCUT2D eigenvalue weighted by Gasteiger charge is 2.20. The van der Waals surface area contributed by atoms with Gasteiger partial charge in [0, 0.05) is 22.9 Å². The van der Waals surface area contributed by atoms with Crippen molar-refractivity contribution in [2.75, 3.05) is 12.3 Å². The first kappa shape index (κ1) is 16.2. The number of amides is 1. The molecule has 120 valence electrons. The molecule has 4 nitrogen and oxygen atoms in total. The van der Waals surface area contributed by atoms with Crippen LogP contribution in [0.5, 0.6) is 5.75 Å². The number of carbonyl (C=O) groups is 1. The molecular formula is C17H17ClN2O2S. The molecule has 2 aromatic rings. The summed E-state index contributed by atoms with van der Waals surface area (Å²) in [5.74, 6) is 1.40. The highest BCUT2D eigenvalue weighted by atomic mass is 35.5. The maximum Gasteiger partial charge on any atom is 0.256 e. The van der Waals surface area contributed by atoms with Crippen LogP contribution < -0.4 is 15.4 Å². The molecule has 1 aliphatic rings. The van der Waals surface area contributed by atoms with Crippen LogP contribution >= 0.6 is 23.4 Å². The van der Waals surface area contributed by atoms with E-state index in [1.54, 1.807) is 23.9 Å². The van der Waals surface area contributed by atoms with E-state index >= 15 is 0 Å². The maximum absolute atomic E-state index is 12.4. The van der Waals surface area contributed by atoms with E-state index in [0.717, 1.165) is 17.9 Å². The fourth-order valence-electron chi connectivity index (χ4n) is 2.27. The van der Waals surface area contributed by atoms with Crippen molar-refractivity contribution in [1.82, 2.24) is 10.6 Å². The van der Waals surface area contributed by atoms with Gasteiger partial charge in [0.05, 0.1) is 5.56 Å². The Balaban J connectivity index is 1.70. The van der Waals surface area contributed by atoms with Crippen LogP contribution in [0.15, 0.2) is 48.5 Å². The SMILES string of the molecule is O=C(NC1NCCS1)c1ccccc1OCc1ccccc1Cl. The first-order valence-corrected chi connectivity index (χ1v) is 8.78. The molecule has 3 rings (SSSR count). The quantitative estimate of drug-likeness (QED) is 0.870. The first-order chi connectivity index (χ1) is 11.2. The van der Waals surface area contributed by atoms with Gasteiger partial charge in [-0.25, -0.2) is 0 Å². The second-order valence-corrected chi connectivity index (χ2v) is 6.67. The van der Waals surface area contributed by atoms with Gasteiger partial charge in [0.2, 0.25) is 0 Å². The normalized spacial score (nSPS) is 17.0. The number of rotatable bonds is 5. The summed E-state index contributed by atoms with van der Waals surface area (Å²) < 4.78 is 5.82. The zero-order chi connectivity index (χ0) is 16.1. The third-order valence-corrected chi connectivity index (χ3v) is 4.88. The summed E-state index contributed by atoms with van der Waals surface area (Å²) in [7, 11) is 0. The number of halogens is 1. The van der Waals surface area contributed by atoms with Crippen LogP contribution in [0.25, 0.3) is 0 Å². The Morgan fingerprint density at radius 2 is 2.04 bits per heavy atom. The minimum absolute atomic E-state index is 0.0425. The molecule has 1 fully saturated rings. The number of thioether (sulfide) groups is 1. The van der Waals surface area contributed by atoms with Gasteiger partial charge >= 0.3 is 0 Å². The minimum Gasteiger partial charge on any atom is -0.488 e. The lowest BCUT2D eigenvalue weighted by Gasteiger charge is -2.15. The minimum atomic E-state index is -0.147. The second kappa shape index (κ2) is 7.73. The van der Waals surface area contributed by atoms with Crippen molar-refractivity contribution in [2.45, 2.75) is 12.1 Å². The summed E-state index contributed by atoms with van der Waals surface area (Å²) in [6.07, 6.45) is 0. The Morgan fingerprint density at radius 1 is 1.26 bits per heavy atom. The molecule has 1 amide bonds. The summed E-state index contributed by atoms with van der Waals surface area (Å²) in [5.41, 5.74) is 1.37. The molecule has 0 radical (unpaired) electrons. The van der Waals surface area contributed by atoms with Crippen molar-refractivity contribution in [2.24, 2.45) is 0 Å². The van der Waals surface area contributed by atoms with Crippen molar-refractivity contribution in [3.63, 3.8) is 0 Å². The second-order valence-electron chi connectivity index (χ2n) is 5.05. The maximum atomic E-state index is 12.4. The molecule has 0 aromatic heterocycles. The van der Waals surface area contributed by atoms with E-state index in [2.05, 4.69) is 10.6 Å². The van der Waals surface area contributed by atoms with E-state index in [-0.39, 0.29) is 11.4 Å². The van der Waals surface area contributed by atoms with E-state index in [1.165, 1.54) is 0 Å². The van der Waals surface area contributed by atoms with E-state index in [0.29, 0.717) is 22.9 Å². The highest BCUT2D eigenvalue weighted by Crippen LogP contribution is 2.22. The van der Waals surface area contributed by atoms with Gasteiger partial charge in [-0.2, -0.15) is 0 Å². The topological polar surface area (TPSA) is 50.4 Å². The number of hydrogen-bond donors (Lipinski definition) is 2. The van der Waals surface area contributed by atoms with Gasteiger partial charge in [-0.3, -0.25) is 10.1 Å². The largest absolute Gasteiger partial charge is 0.488 e. The molecule has 0 bridgehead atoms. The molecule has 0 saturated carbocycles. The van der Waals surface area contributed by atoms with Crippen LogP contribution in [0, 0.1) is 0 Å². The van der Waals surface area contributed by atoms with Gasteiger partial charge in [0.15, 0.2) is 0 Å². The van der Waals surface area contributed by atoms with Gasteiger partial charge in [-0.1, -0.05) is 41.9 Å². The molecule has 1 heterocycles. The number of carbonyl (C=O) groups excluding carboxylic acids is 1. The van der Waals surface area contributed by atoms with Crippen LogP contribution in [0.1, 0.15) is 15.9 Å². The Labute approximate surface area is 144 Å². The number of para-hydroxylation sites is 1. The lowest BCUT2D eigenvalue weighted by Crippen LogP contribution is -2.39. The van der Waals surface area contributed by atoms with Crippen molar-refractivity contribution < 1.29 is 9.53 Å². The molecular weight excluding hydrogens is 332 g/mol. The number of benzene rings is 2. The van der Waals surface area contributed by atoms with E-state index < -0.39 is 0 Å². The molecule has 2 aromatic carbocycles. The third kappa shape index (κ3) is 4.19. The van der Waals surface area contributed by atoms with E-state index in [9.17, 15) is 4.79 Å². The smallest absolute Gasteiger partial charge is 0.256 e. The lowest BCUT2D eigenvalue weighted by molar-refractivity contribution is 0.0942. The highest BCUT2D eigenvalue weighted by molar-refractivity contribution is 8.00. The van der Waals surface area contributed by atoms with Gasteiger partial charge in [-0.15, -0.1) is 11.8 Å². The summed E-state index contributed by atoms with van der Waals surface area (Å²) in [6.45, 7) is 1.22. The fraction of sp³-hybridized carbons (Fsp3) is 0.235. The van der Waals surface area contributed by atoms with Crippen LogP contribution in [0.2, 0.25) is 5.02 Å². The van der Waals surface area contributed by atoms with Crippen LogP contribution in [0.3, 0.4) is 0 Å². The first-order valence-electron chi connectivity index (χ1n) is 7.35. The van der Waals surface area contributed by atoms with Crippen molar-refractivity contribution in [3.05, 3.63) is 64.7 Å². The van der Waals surface area contributed by atoms with Crippen LogP contribution in [0.4, 0.5) is 0 Å². The zero-order valence-electron chi connectivity index (χ0n) is 12.4. The van der Waals surface area contributed by atoms with Crippen molar-refractivity contribution >= 4 is 29.3 Å². The van der Waals surface area contributed by atoms with Gasteiger partial charge in [0.25, 0.3) is 5.91 Å². The number of ether oxygens (including phenoxy) is 1. The fourth-order valence-corrected chi connectivity index (χ4v) is 3.35. The molecule has 2 N–H and O–H groups in total. The van der Waals surface area contributed by atoms with Crippen LogP contribution in [-0.4, -0.2) is 23.7 Å². The Kier molecular flexibility index (Phi) is 5.43. The monoisotopic (exact) mass is 348 g/mol. The average molecular weight is 349 g/mol. The third-order valence-electron chi connectivity index (χ3n) is 3.45. The van der Waals surface area contributed by atoms with Crippen LogP contribution in [-0.2, 0) is 6.61 Å². The lowest BCUT2D eigenvalue weighted by atomic mass is 10.2. The zero-order valence-corrected chi connectivity index (χ0v) is 14.0. The number of nitrogens with one attached hydrogen (secondary N) is 2. The van der Waals surface area contributed by atoms with Crippen molar-refractivity contribution in [3.8, 4) is 5.75 Å². The molecule has 1 atom stereocenters. The Hall–Kier alpha value is -1.69. The summed E-state index contributed by atoms with van der Waals surface area (Å²) in [4.78, 5) is 12.4. The molecule has 1 unspecified atom stereocenters. The summed E-state index contributed by atoms with van der Waals surface area (Å²) in [6, 6.07) is 14.7. The van der Waals surface area contributed by atoms with E-state index in [4.69, 9.17) is 16.3 Å². The standard InChI is InChI=1S/C17H17ClN2O2S/c18-14-7-3-1-5-12(14)11-22-15-8-4-2-6-13(15)16(21)20-17-19-9-10-23-17/h1-8,17,19H,9-11H2,(H,20,21). The number of hydrogen-bond acceptors (Lipinski definition) is 4. The molecule has 1 aliphatic heterocycles. The van der Waals surface area contributed by atoms with Gasteiger partial charge in [-0.05, 0) is 18.2 Å². The van der Waals surface area contributed by atoms with Crippen molar-refractivity contribution in [1.29, 1.82) is 0 Å². The predicted molar refractivity (Wildman–Crippen MR) is 93.9 cm³/mol. The molecule has 0 spiro atoms. The molecule has 1 saturated heterocycles. The molecule has 0 aliphatic carbocycles. The predicted octanol–water partition coefficient (Wildman–Crippen LogP) is 3.27.